The van der Waals surface area contributed by atoms with Gasteiger partial charge in [-0.15, -0.1) is 12.4 Å². The van der Waals surface area contributed by atoms with E-state index in [1.165, 1.54) is 12.1 Å². The fourth-order valence-electron chi connectivity index (χ4n) is 1.15. The van der Waals surface area contributed by atoms with Crippen LogP contribution in [0.15, 0.2) is 18.2 Å². The van der Waals surface area contributed by atoms with Gasteiger partial charge in [0.2, 0.25) is 0 Å². The maximum Gasteiger partial charge on any atom is 0.327 e. The van der Waals surface area contributed by atoms with E-state index in [2.05, 4.69) is 0 Å². The number of carbonyl (C=O) groups excluding carboxylic acids is 1. The lowest BCUT2D eigenvalue weighted by Gasteiger charge is -2.12. The minimum Gasteiger partial charge on any atom is -0.508 e. The van der Waals surface area contributed by atoms with E-state index in [1.807, 2.05) is 0 Å². The first-order valence-electron chi connectivity index (χ1n) is 4.50. The number of hydrogen-bond donors (Lipinski definition) is 3. The van der Waals surface area contributed by atoms with Crippen molar-refractivity contribution in [2.24, 2.45) is 5.73 Å². The van der Waals surface area contributed by atoms with Gasteiger partial charge < -0.3 is 20.7 Å². The molecule has 1 rings (SSSR count). The zero-order chi connectivity index (χ0) is 11.4. The van der Waals surface area contributed by atoms with Crippen LogP contribution < -0.4 is 5.73 Å². The number of nitrogens with two attached hydrogens (primary N) is 1. The summed E-state index contributed by atoms with van der Waals surface area (Å²) < 4.78 is 4.71. The molecule has 0 radical (unpaired) electrons. The van der Waals surface area contributed by atoms with Gasteiger partial charge in [0.05, 0.1) is 6.61 Å². The molecule has 0 amide bonds. The molecule has 0 fully saturated rings. The van der Waals surface area contributed by atoms with Crippen LogP contribution >= 0.6 is 12.4 Å². The van der Waals surface area contributed by atoms with Crippen molar-refractivity contribution in [2.45, 2.75) is 13.0 Å². The summed E-state index contributed by atoms with van der Waals surface area (Å²) in [6, 6.07) is 2.81. The van der Waals surface area contributed by atoms with Crippen LogP contribution in [-0.4, -0.2) is 22.8 Å². The fraction of sp³-hybridized carbons (Fsp3) is 0.300. The summed E-state index contributed by atoms with van der Waals surface area (Å²) in [4.78, 5) is 11.3. The summed E-state index contributed by atoms with van der Waals surface area (Å²) in [5.41, 5.74) is 5.79. The molecule has 0 saturated carbocycles. The van der Waals surface area contributed by atoms with Crippen molar-refractivity contribution in [1.82, 2.24) is 0 Å². The van der Waals surface area contributed by atoms with Crippen molar-refractivity contribution < 1.29 is 19.7 Å². The Kier molecular flexibility index (Phi) is 5.63. The van der Waals surface area contributed by atoms with E-state index in [-0.39, 0.29) is 36.1 Å². The van der Waals surface area contributed by atoms with Gasteiger partial charge in [-0.25, -0.2) is 4.79 Å². The molecule has 16 heavy (non-hydrogen) atoms. The average molecular weight is 248 g/mol. The highest BCUT2D eigenvalue weighted by Crippen LogP contribution is 2.27. The molecule has 90 valence electrons. The Morgan fingerprint density at radius 1 is 1.50 bits per heavy atom. The molecule has 4 N–H and O–H groups in total. The first-order chi connectivity index (χ1) is 7.06. The highest BCUT2D eigenvalue weighted by Gasteiger charge is 2.20. The predicted molar refractivity (Wildman–Crippen MR) is 60.6 cm³/mol. The quantitative estimate of drug-likeness (QED) is 0.695. The molecule has 1 atom stereocenters. The third kappa shape index (κ3) is 3.29. The summed E-state index contributed by atoms with van der Waals surface area (Å²) in [5, 5.41) is 18.5. The van der Waals surface area contributed by atoms with Crippen molar-refractivity contribution in [3.8, 4) is 11.5 Å². The van der Waals surface area contributed by atoms with Crippen molar-refractivity contribution in [3.63, 3.8) is 0 Å². The maximum absolute atomic E-state index is 11.3. The number of benzene rings is 1. The molecule has 0 spiro atoms. The SMILES string of the molecule is CCOC(=O)C(N)c1ccc(O)cc1O.Cl. The summed E-state index contributed by atoms with van der Waals surface area (Å²) >= 11 is 0. The number of carbonyl (C=O) groups is 1. The molecular formula is C10H14ClNO4. The van der Waals surface area contributed by atoms with Crippen molar-refractivity contribution in [1.29, 1.82) is 0 Å². The lowest BCUT2D eigenvalue weighted by atomic mass is 10.1. The second kappa shape index (κ2) is 6.19. The van der Waals surface area contributed by atoms with Crippen LogP contribution in [0.4, 0.5) is 0 Å². The molecule has 1 aromatic rings. The standard InChI is InChI=1S/C10H13NO4.ClH/c1-2-15-10(14)9(11)7-4-3-6(12)5-8(7)13;/h3-5,9,12-13H,2,11H2,1H3;1H. The Morgan fingerprint density at radius 3 is 2.62 bits per heavy atom. The minimum atomic E-state index is -1.04. The monoisotopic (exact) mass is 247 g/mol. The van der Waals surface area contributed by atoms with Gasteiger partial charge in [0, 0.05) is 11.6 Å². The molecule has 0 aliphatic rings. The molecule has 5 nitrogen and oxygen atoms in total. The number of hydrogen-bond acceptors (Lipinski definition) is 5. The zero-order valence-electron chi connectivity index (χ0n) is 8.71. The molecular weight excluding hydrogens is 234 g/mol. The highest BCUT2D eigenvalue weighted by molar-refractivity contribution is 5.85. The fourth-order valence-corrected chi connectivity index (χ4v) is 1.15. The van der Waals surface area contributed by atoms with Gasteiger partial charge in [0.25, 0.3) is 0 Å². The van der Waals surface area contributed by atoms with Crippen LogP contribution in [0.1, 0.15) is 18.5 Å². The normalized spacial score (nSPS) is 11.4. The molecule has 0 aromatic heterocycles. The highest BCUT2D eigenvalue weighted by atomic mass is 35.5. The second-order valence-electron chi connectivity index (χ2n) is 2.97. The van der Waals surface area contributed by atoms with Crippen LogP contribution in [0.5, 0.6) is 11.5 Å². The largest absolute Gasteiger partial charge is 0.508 e. The molecule has 0 heterocycles. The van der Waals surface area contributed by atoms with Crippen LogP contribution in [0.2, 0.25) is 0 Å². The van der Waals surface area contributed by atoms with Gasteiger partial charge in [-0.05, 0) is 19.1 Å². The lowest BCUT2D eigenvalue weighted by molar-refractivity contribution is -0.144. The van der Waals surface area contributed by atoms with Gasteiger partial charge in [-0.3, -0.25) is 0 Å². The smallest absolute Gasteiger partial charge is 0.327 e. The van der Waals surface area contributed by atoms with E-state index in [1.54, 1.807) is 6.92 Å². The molecule has 6 heteroatoms. The zero-order valence-corrected chi connectivity index (χ0v) is 9.53. The second-order valence-corrected chi connectivity index (χ2v) is 2.97. The molecule has 0 bridgehead atoms. The molecule has 1 unspecified atom stereocenters. The molecule has 0 saturated heterocycles. The summed E-state index contributed by atoms with van der Waals surface area (Å²) in [6.07, 6.45) is 0. The maximum atomic E-state index is 11.3. The first-order valence-corrected chi connectivity index (χ1v) is 4.50. The van der Waals surface area contributed by atoms with Gasteiger partial charge in [-0.1, -0.05) is 0 Å². The van der Waals surface area contributed by atoms with Gasteiger partial charge in [0.1, 0.15) is 17.5 Å². The molecule has 0 aliphatic carbocycles. The van der Waals surface area contributed by atoms with Gasteiger partial charge >= 0.3 is 5.97 Å². The Balaban J connectivity index is 0.00000225. The number of phenols is 2. The van der Waals surface area contributed by atoms with E-state index in [4.69, 9.17) is 15.6 Å². The van der Waals surface area contributed by atoms with Crippen LogP contribution in [0, 0.1) is 0 Å². The number of phenolic OH excluding ortho intramolecular Hbond substituents is 2. The van der Waals surface area contributed by atoms with Crippen LogP contribution in [0.25, 0.3) is 0 Å². The number of ether oxygens (including phenoxy) is 1. The molecule has 0 aliphatic heterocycles. The summed E-state index contributed by atoms with van der Waals surface area (Å²) in [7, 11) is 0. The number of rotatable bonds is 3. The van der Waals surface area contributed by atoms with E-state index < -0.39 is 12.0 Å². The summed E-state index contributed by atoms with van der Waals surface area (Å²) in [5.74, 6) is -0.929. The van der Waals surface area contributed by atoms with E-state index >= 15 is 0 Å². The number of esters is 1. The summed E-state index contributed by atoms with van der Waals surface area (Å²) in [6.45, 7) is 1.90. The van der Waals surface area contributed by atoms with E-state index in [9.17, 15) is 9.90 Å². The third-order valence-electron chi connectivity index (χ3n) is 1.89. The van der Waals surface area contributed by atoms with Gasteiger partial charge in [-0.2, -0.15) is 0 Å². The predicted octanol–water partition coefficient (Wildman–Crippen LogP) is 1.08. The van der Waals surface area contributed by atoms with Crippen LogP contribution in [0.3, 0.4) is 0 Å². The number of aromatic hydroxyl groups is 2. The third-order valence-corrected chi connectivity index (χ3v) is 1.89. The Labute approximate surface area is 99.2 Å². The topological polar surface area (TPSA) is 92.8 Å². The van der Waals surface area contributed by atoms with Gasteiger partial charge in [0.15, 0.2) is 0 Å². The van der Waals surface area contributed by atoms with Crippen molar-refractivity contribution >= 4 is 18.4 Å². The van der Waals surface area contributed by atoms with Crippen molar-refractivity contribution in [2.75, 3.05) is 6.61 Å². The van der Waals surface area contributed by atoms with E-state index in [0.29, 0.717) is 0 Å². The Bertz CT molecular complexity index is 370. The number of halogens is 1. The minimum absolute atomic E-state index is 0. The van der Waals surface area contributed by atoms with Crippen LogP contribution in [-0.2, 0) is 9.53 Å². The van der Waals surface area contributed by atoms with Crippen molar-refractivity contribution in [3.05, 3.63) is 23.8 Å². The molecule has 1 aromatic carbocycles. The van der Waals surface area contributed by atoms with E-state index in [0.717, 1.165) is 6.07 Å². The first kappa shape index (κ1) is 14.5. The average Bonchev–Trinajstić information content (AvgIpc) is 2.17. The lowest BCUT2D eigenvalue weighted by Crippen LogP contribution is -2.23. The Morgan fingerprint density at radius 2 is 2.12 bits per heavy atom. The Hall–Kier alpha value is -1.46.